The average molecular weight is 252 g/mol. The van der Waals surface area contributed by atoms with E-state index in [4.69, 9.17) is 0 Å². The number of rotatable bonds is 4. The Kier molecular flexibility index (Phi) is 5.05. The van der Waals surface area contributed by atoms with Crippen LogP contribution >= 0.6 is 0 Å². The first-order chi connectivity index (χ1) is 8.56. The third-order valence-corrected chi connectivity index (χ3v) is 2.20. The second-order valence-electron chi connectivity index (χ2n) is 3.47. The predicted molar refractivity (Wildman–Crippen MR) is 63.0 cm³/mol. The molecular weight excluding hydrogens is 239 g/mol. The van der Waals surface area contributed by atoms with Gasteiger partial charge >= 0.3 is 11.9 Å². The third kappa shape index (κ3) is 4.01. The summed E-state index contributed by atoms with van der Waals surface area (Å²) in [6.45, 7) is 0. The van der Waals surface area contributed by atoms with Crippen LogP contribution < -0.4 is 0 Å². The number of carbonyl (C=O) groups is 2. The molecule has 0 aliphatic heterocycles. The highest BCUT2D eigenvalue weighted by atomic mass is 19.1. The molecule has 0 saturated heterocycles. The summed E-state index contributed by atoms with van der Waals surface area (Å²) in [7, 11) is 2.43. The molecule has 5 heteroatoms. The lowest BCUT2D eigenvalue weighted by molar-refractivity contribution is -0.143. The van der Waals surface area contributed by atoms with Crippen molar-refractivity contribution in [2.45, 2.75) is 6.42 Å². The van der Waals surface area contributed by atoms with Gasteiger partial charge in [0.1, 0.15) is 5.82 Å². The minimum atomic E-state index is -0.648. The number of methoxy groups -OCH3 is 2. The van der Waals surface area contributed by atoms with Crippen LogP contribution in [0.4, 0.5) is 4.39 Å². The summed E-state index contributed by atoms with van der Waals surface area (Å²) in [6.07, 6.45) is 1.17. The van der Waals surface area contributed by atoms with Crippen LogP contribution in [0.15, 0.2) is 29.8 Å². The van der Waals surface area contributed by atoms with Crippen molar-refractivity contribution >= 4 is 18.0 Å². The molecule has 1 aromatic rings. The zero-order valence-corrected chi connectivity index (χ0v) is 10.1. The van der Waals surface area contributed by atoms with E-state index in [1.54, 1.807) is 6.07 Å². The highest BCUT2D eigenvalue weighted by Gasteiger charge is 2.14. The number of benzene rings is 1. The molecule has 1 aromatic carbocycles. The fourth-order valence-corrected chi connectivity index (χ4v) is 1.34. The Morgan fingerprint density at radius 2 is 2.00 bits per heavy atom. The predicted octanol–water partition coefficient (Wildman–Crippen LogP) is 1.95. The van der Waals surface area contributed by atoms with Crippen LogP contribution in [0, 0.1) is 5.82 Å². The summed E-state index contributed by atoms with van der Waals surface area (Å²) < 4.78 is 22.0. The topological polar surface area (TPSA) is 52.6 Å². The lowest BCUT2D eigenvalue weighted by Gasteiger charge is -2.04. The molecule has 0 atom stereocenters. The molecule has 18 heavy (non-hydrogen) atoms. The third-order valence-electron chi connectivity index (χ3n) is 2.20. The first kappa shape index (κ1) is 13.9. The van der Waals surface area contributed by atoms with Gasteiger partial charge in [-0.2, -0.15) is 0 Å². The number of hydrogen-bond acceptors (Lipinski definition) is 4. The van der Waals surface area contributed by atoms with Crippen molar-refractivity contribution in [3.05, 3.63) is 41.2 Å². The van der Waals surface area contributed by atoms with E-state index in [2.05, 4.69) is 9.47 Å². The van der Waals surface area contributed by atoms with E-state index in [0.717, 1.165) is 0 Å². The largest absolute Gasteiger partial charge is 0.469 e. The monoisotopic (exact) mass is 252 g/mol. The average Bonchev–Trinajstić information content (AvgIpc) is 2.36. The SMILES string of the molecule is COC(=O)C/C(=C\c1cccc(F)c1)C(=O)OC. The fourth-order valence-electron chi connectivity index (χ4n) is 1.34. The Labute approximate surface area is 104 Å². The van der Waals surface area contributed by atoms with Gasteiger partial charge in [-0.3, -0.25) is 4.79 Å². The van der Waals surface area contributed by atoms with Crippen molar-refractivity contribution < 1.29 is 23.5 Å². The van der Waals surface area contributed by atoms with E-state index in [0.29, 0.717) is 5.56 Å². The van der Waals surface area contributed by atoms with Gasteiger partial charge in [-0.05, 0) is 23.8 Å². The molecule has 1 rings (SSSR count). The fraction of sp³-hybridized carbons (Fsp3) is 0.231. The molecule has 0 aliphatic rings. The number of esters is 2. The Morgan fingerprint density at radius 3 is 2.56 bits per heavy atom. The molecule has 96 valence electrons. The van der Waals surface area contributed by atoms with Gasteiger partial charge in [-0.25, -0.2) is 9.18 Å². The number of halogens is 1. The summed E-state index contributed by atoms with van der Waals surface area (Å²) in [6, 6.07) is 5.66. The van der Waals surface area contributed by atoms with Gasteiger partial charge in [0.15, 0.2) is 0 Å². The van der Waals surface area contributed by atoms with E-state index in [1.165, 1.54) is 38.5 Å². The first-order valence-electron chi connectivity index (χ1n) is 5.18. The minimum absolute atomic E-state index is 0.106. The van der Waals surface area contributed by atoms with Gasteiger partial charge in [0, 0.05) is 5.57 Å². The molecule has 0 aromatic heterocycles. The summed E-state index contributed by atoms with van der Waals surface area (Å²) in [4.78, 5) is 22.6. The molecule has 0 aliphatic carbocycles. The molecule has 0 heterocycles. The number of hydrogen-bond donors (Lipinski definition) is 0. The van der Waals surface area contributed by atoms with Gasteiger partial charge in [0.05, 0.1) is 20.6 Å². The zero-order valence-electron chi connectivity index (χ0n) is 10.1. The van der Waals surface area contributed by atoms with Gasteiger partial charge in [-0.15, -0.1) is 0 Å². The van der Waals surface area contributed by atoms with Crippen LogP contribution in [-0.2, 0) is 19.1 Å². The van der Waals surface area contributed by atoms with Crippen molar-refractivity contribution in [2.75, 3.05) is 14.2 Å². The van der Waals surface area contributed by atoms with Crippen LogP contribution in [0.1, 0.15) is 12.0 Å². The van der Waals surface area contributed by atoms with E-state index < -0.39 is 17.8 Å². The van der Waals surface area contributed by atoms with Crippen molar-refractivity contribution in [1.82, 2.24) is 0 Å². The molecule has 0 unspecified atom stereocenters. The van der Waals surface area contributed by atoms with Gasteiger partial charge in [-0.1, -0.05) is 12.1 Å². The van der Waals surface area contributed by atoms with E-state index in [9.17, 15) is 14.0 Å². The van der Waals surface area contributed by atoms with Crippen LogP contribution in [0.3, 0.4) is 0 Å². The van der Waals surface area contributed by atoms with Crippen molar-refractivity contribution in [1.29, 1.82) is 0 Å². The minimum Gasteiger partial charge on any atom is -0.469 e. The molecule has 0 fully saturated rings. The maximum absolute atomic E-state index is 13.0. The van der Waals surface area contributed by atoms with Crippen LogP contribution in [-0.4, -0.2) is 26.2 Å². The summed E-state index contributed by atoms with van der Waals surface area (Å²) in [5.41, 5.74) is 0.578. The van der Waals surface area contributed by atoms with Crippen molar-refractivity contribution in [2.24, 2.45) is 0 Å². The maximum Gasteiger partial charge on any atom is 0.334 e. The quantitative estimate of drug-likeness (QED) is 0.607. The molecule has 0 spiro atoms. The van der Waals surface area contributed by atoms with Crippen molar-refractivity contribution in [3.8, 4) is 0 Å². The Hall–Kier alpha value is -2.17. The lowest BCUT2D eigenvalue weighted by atomic mass is 10.1. The van der Waals surface area contributed by atoms with Crippen LogP contribution in [0.5, 0.6) is 0 Å². The Bertz CT molecular complexity index is 480. The Balaban J connectivity index is 3.02. The Morgan fingerprint density at radius 1 is 1.28 bits per heavy atom. The second kappa shape index (κ2) is 6.54. The van der Waals surface area contributed by atoms with Gasteiger partial charge in [0.2, 0.25) is 0 Å². The van der Waals surface area contributed by atoms with Gasteiger partial charge in [0.25, 0.3) is 0 Å². The molecule has 0 radical (unpaired) electrons. The lowest BCUT2D eigenvalue weighted by Crippen LogP contribution is -2.10. The highest BCUT2D eigenvalue weighted by molar-refractivity contribution is 5.98. The first-order valence-corrected chi connectivity index (χ1v) is 5.18. The number of carbonyl (C=O) groups excluding carboxylic acids is 2. The molecule has 4 nitrogen and oxygen atoms in total. The zero-order chi connectivity index (χ0) is 13.5. The van der Waals surface area contributed by atoms with E-state index in [-0.39, 0.29) is 12.0 Å². The van der Waals surface area contributed by atoms with Crippen molar-refractivity contribution in [3.63, 3.8) is 0 Å². The van der Waals surface area contributed by atoms with Gasteiger partial charge < -0.3 is 9.47 Å². The summed E-state index contributed by atoms with van der Waals surface area (Å²) >= 11 is 0. The molecule has 0 saturated carbocycles. The second-order valence-corrected chi connectivity index (χ2v) is 3.47. The summed E-state index contributed by atoms with van der Waals surface area (Å²) in [5, 5.41) is 0. The summed E-state index contributed by atoms with van der Waals surface area (Å²) in [5.74, 6) is -1.64. The highest BCUT2D eigenvalue weighted by Crippen LogP contribution is 2.13. The van der Waals surface area contributed by atoms with Crippen LogP contribution in [0.25, 0.3) is 6.08 Å². The molecule has 0 amide bonds. The normalized spacial score (nSPS) is 10.9. The maximum atomic E-state index is 13.0. The molecule has 0 bridgehead atoms. The van der Waals surface area contributed by atoms with Crippen LogP contribution in [0.2, 0.25) is 0 Å². The molecular formula is C13H13FO4. The number of ether oxygens (including phenoxy) is 2. The van der Waals surface area contributed by atoms with E-state index in [1.807, 2.05) is 0 Å². The van der Waals surface area contributed by atoms with E-state index >= 15 is 0 Å². The standard InChI is InChI=1S/C13H13FO4/c1-17-12(15)8-10(13(16)18-2)6-9-4-3-5-11(14)7-9/h3-7H,8H2,1-2H3/b10-6+. The molecule has 0 N–H and O–H groups in total. The smallest absolute Gasteiger partial charge is 0.334 e.